The number of nitrogens with zero attached hydrogens (tertiary/aromatic N) is 3. The summed E-state index contributed by atoms with van der Waals surface area (Å²) in [6, 6.07) is 14.2. The van der Waals surface area contributed by atoms with Crippen LogP contribution in [-0.2, 0) is 6.54 Å². The maximum atomic E-state index is 9.04. The highest BCUT2D eigenvalue weighted by Gasteiger charge is 2.14. The molecule has 3 aromatic rings. The largest absolute Gasteiger partial charge is 0.324 e. The third-order valence-electron chi connectivity index (χ3n) is 4.04. The molecule has 0 amide bonds. The maximum absolute atomic E-state index is 9.04. The van der Waals surface area contributed by atoms with Gasteiger partial charge in [-0.15, -0.1) is 0 Å². The fourth-order valence-corrected chi connectivity index (χ4v) is 2.72. The Balaban J connectivity index is 2.32. The van der Waals surface area contributed by atoms with Crippen molar-refractivity contribution in [1.29, 1.82) is 5.26 Å². The van der Waals surface area contributed by atoms with Crippen molar-refractivity contribution < 1.29 is 0 Å². The predicted molar refractivity (Wildman–Crippen MR) is 85.0 cm³/mol. The Kier molecular flexibility index (Phi) is 3.23. The van der Waals surface area contributed by atoms with E-state index in [1.165, 1.54) is 11.1 Å². The summed E-state index contributed by atoms with van der Waals surface area (Å²) in [5, 5.41) is 9.04. The number of hydrogen-bond donors (Lipinski definition) is 0. The summed E-state index contributed by atoms with van der Waals surface area (Å²) in [6.07, 6.45) is 0. The van der Waals surface area contributed by atoms with Crippen LogP contribution in [0.1, 0.15) is 23.6 Å². The smallest absolute Gasteiger partial charge is 0.141 e. The molecule has 0 radical (unpaired) electrons. The van der Waals surface area contributed by atoms with Crippen molar-refractivity contribution in [1.82, 2.24) is 9.55 Å². The van der Waals surface area contributed by atoms with Crippen LogP contribution in [0.15, 0.2) is 36.4 Å². The molecule has 0 saturated carbocycles. The summed E-state index contributed by atoms with van der Waals surface area (Å²) in [5.41, 5.74) is 6.28. The molecule has 0 bridgehead atoms. The van der Waals surface area contributed by atoms with Gasteiger partial charge in [0.1, 0.15) is 5.82 Å². The third kappa shape index (κ3) is 2.09. The second-order valence-electron chi connectivity index (χ2n) is 5.24. The Morgan fingerprint density at radius 2 is 2.00 bits per heavy atom. The molecule has 2 aromatic carbocycles. The first-order valence-electron chi connectivity index (χ1n) is 7.12. The van der Waals surface area contributed by atoms with Gasteiger partial charge in [-0.3, -0.25) is 0 Å². The first-order chi connectivity index (χ1) is 10.2. The Bertz CT molecular complexity index is 866. The monoisotopic (exact) mass is 275 g/mol. The van der Waals surface area contributed by atoms with Crippen molar-refractivity contribution in [3.8, 4) is 17.5 Å². The summed E-state index contributed by atoms with van der Waals surface area (Å²) < 4.78 is 2.21. The number of benzene rings is 2. The van der Waals surface area contributed by atoms with Gasteiger partial charge in [-0.1, -0.05) is 18.2 Å². The molecule has 1 heterocycles. The van der Waals surface area contributed by atoms with E-state index in [2.05, 4.69) is 49.6 Å². The van der Waals surface area contributed by atoms with Gasteiger partial charge in [0.2, 0.25) is 0 Å². The standard InChI is InChI=1S/C18H17N3/c1-4-21-17-9-8-14(11-19)10-16(17)20-18(21)15-7-5-6-12(2)13(15)3/h5-10H,4H2,1-3H3. The number of rotatable bonds is 2. The Labute approximate surface area is 124 Å². The number of nitriles is 1. The molecular weight excluding hydrogens is 258 g/mol. The van der Waals surface area contributed by atoms with E-state index in [-0.39, 0.29) is 0 Å². The van der Waals surface area contributed by atoms with Gasteiger partial charge in [-0.25, -0.2) is 4.98 Å². The third-order valence-corrected chi connectivity index (χ3v) is 4.04. The minimum atomic E-state index is 0.649. The molecule has 0 aliphatic heterocycles. The molecular formula is C18H17N3. The Morgan fingerprint density at radius 1 is 1.19 bits per heavy atom. The van der Waals surface area contributed by atoms with Crippen LogP contribution >= 0.6 is 0 Å². The van der Waals surface area contributed by atoms with Crippen molar-refractivity contribution in [3.63, 3.8) is 0 Å². The summed E-state index contributed by atoms with van der Waals surface area (Å²) >= 11 is 0. The normalized spacial score (nSPS) is 10.8. The van der Waals surface area contributed by atoms with Gasteiger partial charge in [-0.2, -0.15) is 5.26 Å². The molecule has 0 saturated heterocycles. The van der Waals surface area contributed by atoms with E-state index in [0.717, 1.165) is 29.0 Å². The topological polar surface area (TPSA) is 41.6 Å². The van der Waals surface area contributed by atoms with Gasteiger partial charge < -0.3 is 4.57 Å². The molecule has 0 fully saturated rings. The van der Waals surface area contributed by atoms with Gasteiger partial charge in [-0.05, 0) is 50.1 Å². The molecule has 104 valence electrons. The lowest BCUT2D eigenvalue weighted by atomic mass is 10.0. The van der Waals surface area contributed by atoms with Gasteiger partial charge in [0.05, 0.1) is 22.7 Å². The average Bonchev–Trinajstić information content (AvgIpc) is 2.87. The highest BCUT2D eigenvalue weighted by Crippen LogP contribution is 2.29. The van der Waals surface area contributed by atoms with E-state index in [4.69, 9.17) is 10.2 Å². The number of hydrogen-bond acceptors (Lipinski definition) is 2. The molecule has 0 N–H and O–H groups in total. The van der Waals surface area contributed by atoms with Crippen LogP contribution < -0.4 is 0 Å². The van der Waals surface area contributed by atoms with Crippen LogP contribution in [0.4, 0.5) is 0 Å². The fourth-order valence-electron chi connectivity index (χ4n) is 2.72. The molecule has 0 spiro atoms. The molecule has 0 aliphatic rings. The fraction of sp³-hybridized carbons (Fsp3) is 0.222. The molecule has 3 heteroatoms. The van der Waals surface area contributed by atoms with Crippen LogP contribution in [0.2, 0.25) is 0 Å². The highest BCUT2D eigenvalue weighted by molar-refractivity contribution is 5.82. The number of aromatic nitrogens is 2. The van der Waals surface area contributed by atoms with Crippen molar-refractivity contribution in [2.45, 2.75) is 27.3 Å². The van der Waals surface area contributed by atoms with Gasteiger partial charge in [0.15, 0.2) is 0 Å². The lowest BCUT2D eigenvalue weighted by Gasteiger charge is -2.10. The summed E-state index contributed by atoms with van der Waals surface area (Å²) in [7, 11) is 0. The lowest BCUT2D eigenvalue weighted by molar-refractivity contribution is 0.795. The van der Waals surface area contributed by atoms with E-state index >= 15 is 0 Å². The first-order valence-corrected chi connectivity index (χ1v) is 7.12. The zero-order valence-electron chi connectivity index (χ0n) is 12.5. The van der Waals surface area contributed by atoms with Crippen LogP contribution in [-0.4, -0.2) is 9.55 Å². The number of imidazole rings is 1. The Morgan fingerprint density at radius 3 is 2.71 bits per heavy atom. The molecule has 1 aromatic heterocycles. The number of aryl methyl sites for hydroxylation is 2. The van der Waals surface area contributed by atoms with Gasteiger partial charge >= 0.3 is 0 Å². The molecule has 0 aliphatic carbocycles. The van der Waals surface area contributed by atoms with E-state index < -0.39 is 0 Å². The zero-order valence-corrected chi connectivity index (χ0v) is 12.5. The quantitative estimate of drug-likeness (QED) is 0.703. The van der Waals surface area contributed by atoms with Crippen molar-refractivity contribution in [3.05, 3.63) is 53.1 Å². The van der Waals surface area contributed by atoms with E-state index in [0.29, 0.717) is 5.56 Å². The van der Waals surface area contributed by atoms with Crippen molar-refractivity contribution >= 4 is 11.0 Å². The van der Waals surface area contributed by atoms with Crippen LogP contribution in [0.3, 0.4) is 0 Å². The number of fused-ring (bicyclic) bond motifs is 1. The minimum absolute atomic E-state index is 0.649. The molecule has 0 unspecified atom stereocenters. The molecule has 21 heavy (non-hydrogen) atoms. The van der Waals surface area contributed by atoms with Crippen molar-refractivity contribution in [2.75, 3.05) is 0 Å². The predicted octanol–water partition coefficient (Wildman–Crippen LogP) is 4.21. The van der Waals surface area contributed by atoms with E-state index in [1.807, 2.05) is 18.2 Å². The summed E-state index contributed by atoms with van der Waals surface area (Å²) in [5.74, 6) is 0.976. The average molecular weight is 275 g/mol. The minimum Gasteiger partial charge on any atom is -0.324 e. The first kappa shape index (κ1) is 13.4. The Hall–Kier alpha value is -2.60. The van der Waals surface area contributed by atoms with Crippen molar-refractivity contribution in [2.24, 2.45) is 0 Å². The van der Waals surface area contributed by atoms with Gasteiger partial charge in [0, 0.05) is 12.1 Å². The summed E-state index contributed by atoms with van der Waals surface area (Å²) in [6.45, 7) is 7.22. The SMILES string of the molecule is CCn1c(-c2cccc(C)c2C)nc2cc(C#N)ccc21. The molecule has 0 atom stereocenters. The summed E-state index contributed by atoms with van der Waals surface area (Å²) in [4.78, 5) is 4.78. The lowest BCUT2D eigenvalue weighted by Crippen LogP contribution is -1.99. The van der Waals surface area contributed by atoms with E-state index in [1.54, 1.807) is 0 Å². The second kappa shape index (κ2) is 5.06. The van der Waals surface area contributed by atoms with Crippen LogP contribution in [0, 0.1) is 25.2 Å². The zero-order chi connectivity index (χ0) is 15.0. The molecule has 3 nitrogen and oxygen atoms in total. The molecule has 3 rings (SSSR count). The second-order valence-corrected chi connectivity index (χ2v) is 5.24. The highest BCUT2D eigenvalue weighted by atomic mass is 15.1. The van der Waals surface area contributed by atoms with Crippen LogP contribution in [0.25, 0.3) is 22.4 Å². The van der Waals surface area contributed by atoms with Gasteiger partial charge in [0.25, 0.3) is 0 Å². The maximum Gasteiger partial charge on any atom is 0.141 e. The van der Waals surface area contributed by atoms with Crippen LogP contribution in [0.5, 0.6) is 0 Å². The van der Waals surface area contributed by atoms with E-state index in [9.17, 15) is 0 Å².